The van der Waals surface area contributed by atoms with E-state index in [1.54, 1.807) is 0 Å². The summed E-state index contributed by atoms with van der Waals surface area (Å²) in [6.45, 7) is 5.93. The third-order valence-corrected chi connectivity index (χ3v) is 5.72. The standard InChI is InChI=1S/C14H27N3O2S/c1-4-14(5-2,12(15)17-19)13(18)16-10-8-7-9-11(10)20-6-3/h10-11,19H,4-9H2,1-3H3,(H2,15,17)(H,16,18). The van der Waals surface area contributed by atoms with Crippen LogP contribution in [-0.4, -0.2) is 34.0 Å². The number of amides is 1. The summed E-state index contributed by atoms with van der Waals surface area (Å²) < 4.78 is 0. The van der Waals surface area contributed by atoms with Gasteiger partial charge in [0.1, 0.15) is 5.41 Å². The van der Waals surface area contributed by atoms with Crippen LogP contribution in [0.15, 0.2) is 5.16 Å². The van der Waals surface area contributed by atoms with Gasteiger partial charge in [0.25, 0.3) is 0 Å². The lowest BCUT2D eigenvalue weighted by atomic mass is 9.80. The first-order valence-electron chi connectivity index (χ1n) is 7.46. The number of carbonyl (C=O) groups excluding carboxylic acids is 1. The van der Waals surface area contributed by atoms with Crippen molar-refractivity contribution in [2.75, 3.05) is 5.75 Å². The third-order valence-electron chi connectivity index (χ3n) is 4.39. The van der Waals surface area contributed by atoms with Crippen molar-refractivity contribution in [2.45, 2.75) is 64.2 Å². The van der Waals surface area contributed by atoms with Gasteiger partial charge in [0, 0.05) is 11.3 Å². The molecule has 1 rings (SSSR count). The molecule has 2 atom stereocenters. The fourth-order valence-electron chi connectivity index (χ4n) is 2.96. The molecule has 0 aliphatic heterocycles. The molecule has 6 heteroatoms. The van der Waals surface area contributed by atoms with Crippen molar-refractivity contribution in [1.29, 1.82) is 0 Å². The van der Waals surface area contributed by atoms with E-state index in [-0.39, 0.29) is 17.8 Å². The van der Waals surface area contributed by atoms with Gasteiger partial charge in [0.2, 0.25) is 5.91 Å². The number of hydrogen-bond donors (Lipinski definition) is 3. The maximum atomic E-state index is 12.6. The van der Waals surface area contributed by atoms with Crippen molar-refractivity contribution in [3.05, 3.63) is 0 Å². The van der Waals surface area contributed by atoms with Gasteiger partial charge in [-0.1, -0.05) is 32.3 Å². The van der Waals surface area contributed by atoms with Gasteiger partial charge in [-0.3, -0.25) is 4.79 Å². The van der Waals surface area contributed by atoms with Crippen molar-refractivity contribution in [2.24, 2.45) is 16.3 Å². The molecule has 4 N–H and O–H groups in total. The molecule has 2 unspecified atom stereocenters. The highest BCUT2D eigenvalue weighted by Crippen LogP contribution is 2.32. The number of oxime groups is 1. The monoisotopic (exact) mass is 301 g/mol. The average Bonchev–Trinajstić information content (AvgIpc) is 2.88. The minimum atomic E-state index is -0.890. The molecular formula is C14H27N3O2S. The predicted octanol–water partition coefficient (Wildman–Crippen LogP) is 2.33. The average molecular weight is 301 g/mol. The van der Waals surface area contributed by atoms with Crippen molar-refractivity contribution in [3.8, 4) is 0 Å². The lowest BCUT2D eigenvalue weighted by Gasteiger charge is -2.31. The zero-order valence-corrected chi connectivity index (χ0v) is 13.5. The molecule has 1 fully saturated rings. The molecular weight excluding hydrogens is 274 g/mol. The SMILES string of the molecule is CCSC1CCCC1NC(=O)C(CC)(CC)C(N)=NO. The Morgan fingerprint density at radius 2 is 2.05 bits per heavy atom. The minimum absolute atomic E-state index is 0.0118. The van der Waals surface area contributed by atoms with E-state index in [0.717, 1.165) is 25.0 Å². The first-order valence-corrected chi connectivity index (χ1v) is 8.51. The van der Waals surface area contributed by atoms with Crippen LogP contribution in [0.2, 0.25) is 0 Å². The molecule has 0 spiro atoms. The molecule has 0 saturated heterocycles. The van der Waals surface area contributed by atoms with Crippen LogP contribution in [0.25, 0.3) is 0 Å². The molecule has 0 radical (unpaired) electrons. The molecule has 0 bridgehead atoms. The molecule has 1 aliphatic carbocycles. The number of nitrogens with one attached hydrogen (secondary N) is 1. The Kier molecular flexibility index (Phi) is 6.65. The Hall–Kier alpha value is -0.910. The first kappa shape index (κ1) is 17.1. The van der Waals surface area contributed by atoms with E-state index in [9.17, 15) is 4.79 Å². The molecule has 5 nitrogen and oxygen atoms in total. The fraction of sp³-hybridized carbons (Fsp3) is 0.857. The summed E-state index contributed by atoms with van der Waals surface area (Å²) in [6, 6.07) is 0.205. The highest BCUT2D eigenvalue weighted by Gasteiger charge is 2.42. The Morgan fingerprint density at radius 1 is 1.40 bits per heavy atom. The van der Waals surface area contributed by atoms with Crippen LogP contribution in [0.4, 0.5) is 0 Å². The second-order valence-corrected chi connectivity index (χ2v) is 6.80. The zero-order valence-electron chi connectivity index (χ0n) is 12.7. The van der Waals surface area contributed by atoms with Gasteiger partial charge >= 0.3 is 0 Å². The maximum absolute atomic E-state index is 12.6. The number of nitrogens with two attached hydrogens (primary N) is 1. The summed E-state index contributed by atoms with van der Waals surface area (Å²) >= 11 is 1.90. The molecule has 0 heterocycles. The van der Waals surface area contributed by atoms with E-state index in [1.165, 1.54) is 0 Å². The number of thioether (sulfide) groups is 1. The van der Waals surface area contributed by atoms with E-state index < -0.39 is 5.41 Å². The number of carbonyl (C=O) groups is 1. The normalized spacial score (nSPS) is 23.9. The lowest BCUT2D eigenvalue weighted by Crippen LogP contribution is -2.53. The lowest BCUT2D eigenvalue weighted by molar-refractivity contribution is -0.128. The van der Waals surface area contributed by atoms with E-state index in [0.29, 0.717) is 18.1 Å². The predicted molar refractivity (Wildman–Crippen MR) is 84.1 cm³/mol. The molecule has 116 valence electrons. The summed E-state index contributed by atoms with van der Waals surface area (Å²) in [6.07, 6.45) is 4.38. The largest absolute Gasteiger partial charge is 0.409 e. The smallest absolute Gasteiger partial charge is 0.234 e. The highest BCUT2D eigenvalue weighted by molar-refractivity contribution is 7.99. The summed E-state index contributed by atoms with van der Waals surface area (Å²) in [5.41, 5.74) is 4.89. The van der Waals surface area contributed by atoms with Crippen LogP contribution in [0, 0.1) is 5.41 Å². The summed E-state index contributed by atoms with van der Waals surface area (Å²) in [5, 5.41) is 15.7. The van der Waals surface area contributed by atoms with Gasteiger partial charge in [0.15, 0.2) is 5.84 Å². The third kappa shape index (κ3) is 3.40. The Morgan fingerprint density at radius 3 is 2.55 bits per heavy atom. The van der Waals surface area contributed by atoms with Crippen molar-refractivity contribution in [1.82, 2.24) is 5.32 Å². The van der Waals surface area contributed by atoms with Crippen LogP contribution in [0.5, 0.6) is 0 Å². The van der Waals surface area contributed by atoms with E-state index in [4.69, 9.17) is 10.9 Å². The maximum Gasteiger partial charge on any atom is 0.234 e. The quantitative estimate of drug-likeness (QED) is 0.291. The van der Waals surface area contributed by atoms with Gasteiger partial charge in [-0.15, -0.1) is 0 Å². The van der Waals surface area contributed by atoms with Gasteiger partial charge in [-0.2, -0.15) is 11.8 Å². The second kappa shape index (κ2) is 7.76. The minimum Gasteiger partial charge on any atom is -0.409 e. The van der Waals surface area contributed by atoms with Crippen LogP contribution in [0.1, 0.15) is 52.9 Å². The molecule has 0 aromatic heterocycles. The number of rotatable bonds is 7. The molecule has 20 heavy (non-hydrogen) atoms. The Labute approximate surface area is 125 Å². The fourth-order valence-corrected chi connectivity index (χ4v) is 4.15. The first-order chi connectivity index (χ1) is 9.55. The van der Waals surface area contributed by atoms with Crippen molar-refractivity contribution < 1.29 is 10.0 Å². The van der Waals surface area contributed by atoms with E-state index in [1.807, 2.05) is 25.6 Å². The molecule has 1 saturated carbocycles. The van der Waals surface area contributed by atoms with Crippen molar-refractivity contribution >= 4 is 23.5 Å². The Bertz CT molecular complexity index is 356. The number of nitrogens with zero attached hydrogens (tertiary/aromatic N) is 1. The van der Waals surface area contributed by atoms with Crippen molar-refractivity contribution in [3.63, 3.8) is 0 Å². The van der Waals surface area contributed by atoms with Crippen LogP contribution >= 0.6 is 11.8 Å². The van der Waals surface area contributed by atoms with Gasteiger partial charge < -0.3 is 16.3 Å². The molecule has 1 amide bonds. The Balaban J connectivity index is 2.81. The molecule has 1 aliphatic rings. The summed E-state index contributed by atoms with van der Waals surface area (Å²) in [7, 11) is 0. The van der Waals surface area contributed by atoms with E-state index >= 15 is 0 Å². The molecule has 0 aromatic rings. The topological polar surface area (TPSA) is 87.7 Å². The summed E-state index contributed by atoms with van der Waals surface area (Å²) in [5.74, 6) is 0.966. The van der Waals surface area contributed by atoms with Crippen LogP contribution in [0.3, 0.4) is 0 Å². The number of hydrogen-bond acceptors (Lipinski definition) is 4. The second-order valence-electron chi connectivity index (χ2n) is 5.28. The van der Waals surface area contributed by atoms with Gasteiger partial charge in [-0.25, -0.2) is 0 Å². The summed E-state index contributed by atoms with van der Waals surface area (Å²) in [4.78, 5) is 12.6. The number of amidine groups is 1. The zero-order chi connectivity index (χ0) is 15.2. The highest BCUT2D eigenvalue weighted by atomic mass is 32.2. The van der Waals surface area contributed by atoms with Crippen LogP contribution in [-0.2, 0) is 4.79 Å². The van der Waals surface area contributed by atoms with Crippen LogP contribution < -0.4 is 11.1 Å². The van der Waals surface area contributed by atoms with E-state index in [2.05, 4.69) is 17.4 Å². The van der Waals surface area contributed by atoms with Gasteiger partial charge in [-0.05, 0) is 31.4 Å². The molecule has 0 aromatic carbocycles. The van der Waals surface area contributed by atoms with Gasteiger partial charge in [0.05, 0.1) is 0 Å².